The summed E-state index contributed by atoms with van der Waals surface area (Å²) in [5.41, 5.74) is 6.54. The Balaban J connectivity index is 2.64. The molecule has 0 saturated heterocycles. The Kier molecular flexibility index (Phi) is 6.42. The monoisotopic (exact) mass is 268 g/mol. The minimum Gasteiger partial charge on any atom is -0.396 e. The van der Waals surface area contributed by atoms with E-state index in [1.54, 1.807) is 12.1 Å². The Bertz CT molecular complexity index is 386. The zero-order valence-electron chi connectivity index (χ0n) is 11.8. The van der Waals surface area contributed by atoms with Gasteiger partial charge in [0.15, 0.2) is 0 Å². The van der Waals surface area contributed by atoms with E-state index in [-0.39, 0.29) is 24.0 Å². The third-order valence-electron chi connectivity index (χ3n) is 3.32. The highest BCUT2D eigenvalue weighted by atomic mass is 19.1. The zero-order valence-corrected chi connectivity index (χ0v) is 11.8. The lowest BCUT2D eigenvalue weighted by atomic mass is 9.91. The van der Waals surface area contributed by atoms with Crippen LogP contribution in [0.3, 0.4) is 0 Å². The molecule has 2 unspecified atom stereocenters. The van der Waals surface area contributed by atoms with Gasteiger partial charge in [-0.05, 0) is 50.8 Å². The molecule has 0 radical (unpaired) electrons. The zero-order chi connectivity index (χ0) is 14.3. The van der Waals surface area contributed by atoms with Gasteiger partial charge in [-0.2, -0.15) is 0 Å². The van der Waals surface area contributed by atoms with Crippen molar-refractivity contribution in [3.63, 3.8) is 0 Å². The van der Waals surface area contributed by atoms with E-state index in [4.69, 9.17) is 10.8 Å². The molecule has 0 aliphatic rings. The predicted octanol–water partition coefficient (Wildman–Crippen LogP) is 1.84. The molecule has 4 N–H and O–H groups in total. The first-order valence-corrected chi connectivity index (χ1v) is 6.82. The molecule has 108 valence electrons. The van der Waals surface area contributed by atoms with Crippen molar-refractivity contribution in [1.29, 1.82) is 0 Å². The van der Waals surface area contributed by atoms with Crippen molar-refractivity contribution >= 4 is 0 Å². The quantitative estimate of drug-likeness (QED) is 0.674. The maximum atomic E-state index is 13.2. The number of aliphatic hydroxyl groups is 1. The summed E-state index contributed by atoms with van der Waals surface area (Å²) in [6.07, 6.45) is 2.36. The van der Waals surface area contributed by atoms with E-state index in [9.17, 15) is 4.39 Å². The highest BCUT2D eigenvalue weighted by Crippen LogP contribution is 2.15. The van der Waals surface area contributed by atoms with Gasteiger partial charge in [0.1, 0.15) is 5.82 Å². The smallest absolute Gasteiger partial charge is 0.123 e. The first-order chi connectivity index (χ1) is 8.99. The van der Waals surface area contributed by atoms with Crippen molar-refractivity contribution in [2.75, 3.05) is 13.2 Å². The van der Waals surface area contributed by atoms with E-state index in [2.05, 4.69) is 12.2 Å². The van der Waals surface area contributed by atoms with Crippen LogP contribution in [0, 0.1) is 5.82 Å². The normalized spacial score (nSPS) is 16.1. The molecule has 0 heterocycles. The minimum absolute atomic E-state index is 0.204. The van der Waals surface area contributed by atoms with Crippen LogP contribution in [0.1, 0.15) is 32.3 Å². The van der Waals surface area contributed by atoms with Crippen molar-refractivity contribution in [2.45, 2.75) is 44.7 Å². The SMILES string of the molecule is CC(CCCO)NC(C)(CN)Cc1cccc(F)c1. The Morgan fingerprint density at radius 1 is 1.47 bits per heavy atom. The van der Waals surface area contributed by atoms with Gasteiger partial charge in [0.2, 0.25) is 0 Å². The lowest BCUT2D eigenvalue weighted by molar-refractivity contribution is 0.259. The molecular weight excluding hydrogens is 243 g/mol. The molecule has 2 atom stereocenters. The summed E-state index contributed by atoms with van der Waals surface area (Å²) in [5.74, 6) is -0.217. The average Bonchev–Trinajstić information content (AvgIpc) is 2.36. The lowest BCUT2D eigenvalue weighted by Gasteiger charge is -2.33. The Morgan fingerprint density at radius 2 is 2.21 bits per heavy atom. The Hall–Kier alpha value is -0.970. The molecular formula is C15H25FN2O. The van der Waals surface area contributed by atoms with Crippen LogP contribution in [0.5, 0.6) is 0 Å². The largest absolute Gasteiger partial charge is 0.396 e. The van der Waals surface area contributed by atoms with Gasteiger partial charge in [0.25, 0.3) is 0 Å². The van der Waals surface area contributed by atoms with Gasteiger partial charge in [-0.1, -0.05) is 12.1 Å². The first kappa shape index (κ1) is 16.1. The molecule has 1 rings (SSSR count). The molecule has 3 nitrogen and oxygen atoms in total. The minimum atomic E-state index is -0.261. The van der Waals surface area contributed by atoms with E-state index < -0.39 is 0 Å². The number of nitrogens with two attached hydrogens (primary N) is 1. The molecule has 0 aliphatic heterocycles. The highest BCUT2D eigenvalue weighted by Gasteiger charge is 2.24. The number of rotatable bonds is 8. The summed E-state index contributed by atoms with van der Waals surface area (Å²) in [4.78, 5) is 0. The first-order valence-electron chi connectivity index (χ1n) is 6.82. The molecule has 4 heteroatoms. The van der Waals surface area contributed by atoms with Crippen molar-refractivity contribution in [1.82, 2.24) is 5.32 Å². The van der Waals surface area contributed by atoms with Crippen LogP contribution in [-0.2, 0) is 6.42 Å². The van der Waals surface area contributed by atoms with Gasteiger partial charge >= 0.3 is 0 Å². The summed E-state index contributed by atoms with van der Waals surface area (Å²) in [5, 5.41) is 12.3. The number of nitrogens with one attached hydrogen (secondary N) is 1. The van der Waals surface area contributed by atoms with Gasteiger partial charge in [-0.25, -0.2) is 4.39 Å². The van der Waals surface area contributed by atoms with Crippen molar-refractivity contribution in [3.05, 3.63) is 35.6 Å². The molecule has 0 saturated carbocycles. The maximum Gasteiger partial charge on any atom is 0.123 e. The molecule has 0 spiro atoms. The second-order valence-corrected chi connectivity index (χ2v) is 5.48. The number of hydrogen-bond acceptors (Lipinski definition) is 3. The average molecular weight is 268 g/mol. The fourth-order valence-electron chi connectivity index (χ4n) is 2.34. The van der Waals surface area contributed by atoms with Crippen LogP contribution in [0.2, 0.25) is 0 Å². The molecule has 0 amide bonds. The van der Waals surface area contributed by atoms with E-state index >= 15 is 0 Å². The van der Waals surface area contributed by atoms with Gasteiger partial charge < -0.3 is 16.2 Å². The molecule has 0 bridgehead atoms. The molecule has 0 aromatic heterocycles. The maximum absolute atomic E-state index is 13.2. The fraction of sp³-hybridized carbons (Fsp3) is 0.600. The van der Waals surface area contributed by atoms with Crippen LogP contribution >= 0.6 is 0 Å². The van der Waals surface area contributed by atoms with E-state index in [1.165, 1.54) is 6.07 Å². The molecule has 19 heavy (non-hydrogen) atoms. The van der Waals surface area contributed by atoms with E-state index in [1.807, 2.05) is 13.0 Å². The van der Waals surface area contributed by atoms with E-state index in [0.29, 0.717) is 13.0 Å². The summed E-state index contributed by atoms with van der Waals surface area (Å²) >= 11 is 0. The summed E-state index contributed by atoms with van der Waals surface area (Å²) in [6, 6.07) is 6.90. The van der Waals surface area contributed by atoms with Crippen molar-refractivity contribution < 1.29 is 9.50 Å². The third-order valence-corrected chi connectivity index (χ3v) is 3.32. The number of benzene rings is 1. The molecule has 0 fully saturated rings. The topological polar surface area (TPSA) is 58.3 Å². The van der Waals surface area contributed by atoms with Crippen molar-refractivity contribution in [3.8, 4) is 0 Å². The second-order valence-electron chi connectivity index (χ2n) is 5.48. The molecule has 0 aliphatic carbocycles. The van der Waals surface area contributed by atoms with Crippen LogP contribution in [0.15, 0.2) is 24.3 Å². The highest BCUT2D eigenvalue weighted by molar-refractivity contribution is 5.19. The van der Waals surface area contributed by atoms with Crippen LogP contribution in [0.25, 0.3) is 0 Å². The number of hydrogen-bond donors (Lipinski definition) is 3. The third kappa shape index (κ3) is 5.68. The summed E-state index contributed by atoms with van der Waals surface area (Å²) in [6.45, 7) is 4.81. The van der Waals surface area contributed by atoms with Gasteiger partial charge in [0, 0.05) is 24.7 Å². The summed E-state index contributed by atoms with van der Waals surface area (Å²) < 4.78 is 13.2. The Morgan fingerprint density at radius 3 is 2.79 bits per heavy atom. The van der Waals surface area contributed by atoms with Gasteiger partial charge in [-0.15, -0.1) is 0 Å². The van der Waals surface area contributed by atoms with Gasteiger partial charge in [0.05, 0.1) is 0 Å². The van der Waals surface area contributed by atoms with Crippen LogP contribution < -0.4 is 11.1 Å². The molecule has 1 aromatic carbocycles. The Labute approximate surface area is 115 Å². The van der Waals surface area contributed by atoms with E-state index in [0.717, 1.165) is 18.4 Å². The fourth-order valence-corrected chi connectivity index (χ4v) is 2.34. The molecule has 1 aromatic rings. The summed E-state index contributed by atoms with van der Waals surface area (Å²) in [7, 11) is 0. The van der Waals surface area contributed by atoms with Crippen LogP contribution in [-0.4, -0.2) is 29.8 Å². The number of halogens is 1. The second kappa shape index (κ2) is 7.58. The van der Waals surface area contributed by atoms with Gasteiger partial charge in [-0.3, -0.25) is 0 Å². The number of aliphatic hydroxyl groups excluding tert-OH is 1. The van der Waals surface area contributed by atoms with Crippen molar-refractivity contribution in [2.24, 2.45) is 5.73 Å². The predicted molar refractivity (Wildman–Crippen MR) is 76.5 cm³/mol. The lowest BCUT2D eigenvalue weighted by Crippen LogP contribution is -2.53. The van der Waals surface area contributed by atoms with Crippen LogP contribution in [0.4, 0.5) is 4.39 Å². The standard InChI is InChI=1S/C15H25FN2O/c1-12(5-4-8-19)18-15(2,11-17)10-13-6-3-7-14(16)9-13/h3,6-7,9,12,18-19H,4-5,8,10-11,17H2,1-2H3.